The van der Waals surface area contributed by atoms with Crippen LogP contribution in [-0.4, -0.2) is 13.3 Å². The van der Waals surface area contributed by atoms with Gasteiger partial charge < -0.3 is 9.41 Å². The van der Waals surface area contributed by atoms with E-state index in [2.05, 4.69) is 38.8 Å². The molecule has 0 unspecified atom stereocenters. The molecule has 0 aliphatic carbocycles. The van der Waals surface area contributed by atoms with E-state index in [-0.39, 0.29) is 10.6 Å². The second-order valence-electron chi connectivity index (χ2n) is 5.23. The first-order valence-corrected chi connectivity index (χ1v) is 8.01. The minimum Gasteiger partial charge on any atom is -0.540 e. The van der Waals surface area contributed by atoms with E-state index in [9.17, 15) is 4.79 Å². The standard InChI is InChI=1S/C11H19NO2Si/c1-11(2,3)15(4,5)14-9-7-6-8-12-10(9)13/h6-8H,1-5H3,(H,12,13). The predicted molar refractivity (Wildman–Crippen MR) is 64.9 cm³/mol. The van der Waals surface area contributed by atoms with Gasteiger partial charge in [-0.3, -0.25) is 4.79 Å². The molecule has 0 amide bonds. The fourth-order valence-electron chi connectivity index (χ4n) is 0.914. The summed E-state index contributed by atoms with van der Waals surface area (Å²) in [5.41, 5.74) is -0.151. The second kappa shape index (κ2) is 3.85. The van der Waals surface area contributed by atoms with Crippen LogP contribution in [0.3, 0.4) is 0 Å². The Morgan fingerprint density at radius 1 is 1.33 bits per heavy atom. The normalized spacial score (nSPS) is 12.6. The van der Waals surface area contributed by atoms with E-state index in [0.717, 1.165) is 0 Å². The van der Waals surface area contributed by atoms with Crippen molar-refractivity contribution >= 4 is 8.32 Å². The average Bonchev–Trinajstić information content (AvgIpc) is 2.06. The van der Waals surface area contributed by atoms with Crippen molar-refractivity contribution in [2.45, 2.75) is 38.9 Å². The van der Waals surface area contributed by atoms with Crippen LogP contribution < -0.4 is 9.99 Å². The molecule has 0 saturated heterocycles. The number of H-pyrrole nitrogens is 1. The minimum absolute atomic E-state index is 0.106. The molecule has 1 heterocycles. The van der Waals surface area contributed by atoms with Crippen molar-refractivity contribution in [3.8, 4) is 5.75 Å². The van der Waals surface area contributed by atoms with Crippen molar-refractivity contribution in [3.63, 3.8) is 0 Å². The van der Waals surface area contributed by atoms with Gasteiger partial charge in [-0.1, -0.05) is 20.8 Å². The maximum absolute atomic E-state index is 11.5. The summed E-state index contributed by atoms with van der Waals surface area (Å²) in [5.74, 6) is 0.434. The first-order valence-electron chi connectivity index (χ1n) is 5.11. The smallest absolute Gasteiger partial charge is 0.288 e. The van der Waals surface area contributed by atoms with Crippen molar-refractivity contribution in [1.82, 2.24) is 4.98 Å². The number of rotatable bonds is 2. The van der Waals surface area contributed by atoms with Crippen molar-refractivity contribution in [2.75, 3.05) is 0 Å². The lowest BCUT2D eigenvalue weighted by molar-refractivity contribution is 0.486. The van der Waals surface area contributed by atoms with Crippen LogP contribution in [0, 0.1) is 0 Å². The quantitative estimate of drug-likeness (QED) is 0.786. The third-order valence-corrected chi connectivity index (χ3v) is 7.30. The fourth-order valence-corrected chi connectivity index (χ4v) is 1.93. The van der Waals surface area contributed by atoms with E-state index < -0.39 is 8.32 Å². The highest BCUT2D eigenvalue weighted by atomic mass is 28.4. The summed E-state index contributed by atoms with van der Waals surface area (Å²) in [6.07, 6.45) is 1.61. The molecule has 0 atom stereocenters. The highest BCUT2D eigenvalue weighted by molar-refractivity contribution is 6.74. The van der Waals surface area contributed by atoms with Gasteiger partial charge in [-0.05, 0) is 30.3 Å². The van der Waals surface area contributed by atoms with Crippen LogP contribution in [-0.2, 0) is 0 Å². The van der Waals surface area contributed by atoms with E-state index in [1.807, 2.05) is 0 Å². The number of hydrogen-bond donors (Lipinski definition) is 1. The maximum Gasteiger partial charge on any atom is 0.288 e. The molecule has 3 nitrogen and oxygen atoms in total. The van der Waals surface area contributed by atoms with Crippen LogP contribution >= 0.6 is 0 Å². The topological polar surface area (TPSA) is 42.1 Å². The molecule has 84 valence electrons. The van der Waals surface area contributed by atoms with Gasteiger partial charge in [-0.2, -0.15) is 0 Å². The minimum atomic E-state index is -1.90. The third-order valence-electron chi connectivity index (χ3n) is 2.95. The van der Waals surface area contributed by atoms with Gasteiger partial charge in [0.2, 0.25) is 0 Å². The van der Waals surface area contributed by atoms with Crippen LogP contribution in [0.2, 0.25) is 18.1 Å². The highest BCUT2D eigenvalue weighted by Gasteiger charge is 2.39. The van der Waals surface area contributed by atoms with Crippen LogP contribution in [0.15, 0.2) is 23.1 Å². The molecule has 0 saturated carbocycles. The van der Waals surface area contributed by atoms with Gasteiger partial charge in [0.15, 0.2) is 5.75 Å². The van der Waals surface area contributed by atoms with E-state index in [1.165, 1.54) is 0 Å². The predicted octanol–water partition coefficient (Wildman–Crippen LogP) is 2.76. The van der Waals surface area contributed by atoms with E-state index in [4.69, 9.17) is 4.43 Å². The summed E-state index contributed by atoms with van der Waals surface area (Å²) >= 11 is 0. The molecule has 0 aliphatic heterocycles. The molecule has 1 aromatic heterocycles. The van der Waals surface area contributed by atoms with Crippen molar-refractivity contribution < 1.29 is 4.43 Å². The summed E-state index contributed by atoms with van der Waals surface area (Å²) in [6.45, 7) is 10.7. The zero-order valence-electron chi connectivity index (χ0n) is 10.0. The SMILES string of the molecule is CC(C)(C)[Si](C)(C)Oc1ccc[nH]c1=O. The summed E-state index contributed by atoms with van der Waals surface area (Å²) in [5, 5.41) is 0.106. The number of aromatic amines is 1. The molecule has 1 aromatic rings. The fraction of sp³-hybridized carbons (Fsp3) is 0.545. The van der Waals surface area contributed by atoms with Crippen LogP contribution in [0.5, 0.6) is 5.75 Å². The molecule has 1 N–H and O–H groups in total. The van der Waals surface area contributed by atoms with Gasteiger partial charge in [0.05, 0.1) is 0 Å². The molecule has 1 rings (SSSR count). The van der Waals surface area contributed by atoms with Gasteiger partial charge in [0.1, 0.15) is 0 Å². The first-order chi connectivity index (χ1) is 6.74. The molecular formula is C11H19NO2Si. The average molecular weight is 225 g/mol. The Morgan fingerprint density at radius 2 is 1.93 bits per heavy atom. The van der Waals surface area contributed by atoms with E-state index in [1.54, 1.807) is 18.3 Å². The van der Waals surface area contributed by atoms with Crippen LogP contribution in [0.4, 0.5) is 0 Å². The lowest BCUT2D eigenvalue weighted by Crippen LogP contribution is -2.45. The Balaban J connectivity index is 2.97. The number of aromatic nitrogens is 1. The maximum atomic E-state index is 11.5. The zero-order valence-corrected chi connectivity index (χ0v) is 11.0. The summed E-state index contributed by atoms with van der Waals surface area (Å²) in [6, 6.07) is 3.50. The van der Waals surface area contributed by atoms with Gasteiger partial charge in [0, 0.05) is 6.20 Å². The van der Waals surface area contributed by atoms with Crippen molar-refractivity contribution in [3.05, 3.63) is 28.7 Å². The Bertz CT molecular complexity index is 390. The van der Waals surface area contributed by atoms with E-state index >= 15 is 0 Å². The Morgan fingerprint density at radius 3 is 2.40 bits per heavy atom. The number of hydrogen-bond acceptors (Lipinski definition) is 2. The van der Waals surface area contributed by atoms with Gasteiger partial charge in [-0.25, -0.2) is 0 Å². The van der Waals surface area contributed by atoms with Crippen molar-refractivity contribution in [1.29, 1.82) is 0 Å². The monoisotopic (exact) mass is 225 g/mol. The lowest BCUT2D eigenvalue weighted by Gasteiger charge is -2.35. The Kier molecular flexibility index (Phi) is 3.09. The van der Waals surface area contributed by atoms with Gasteiger partial charge in [-0.15, -0.1) is 0 Å². The van der Waals surface area contributed by atoms with Gasteiger partial charge in [0.25, 0.3) is 13.9 Å². The highest BCUT2D eigenvalue weighted by Crippen LogP contribution is 2.36. The third kappa shape index (κ3) is 2.72. The lowest BCUT2D eigenvalue weighted by atomic mass is 10.2. The molecule has 0 radical (unpaired) electrons. The molecule has 0 bridgehead atoms. The Labute approximate surface area is 91.6 Å². The molecule has 0 aliphatic rings. The molecular weight excluding hydrogens is 206 g/mol. The van der Waals surface area contributed by atoms with Crippen LogP contribution in [0.25, 0.3) is 0 Å². The summed E-state index contributed by atoms with van der Waals surface area (Å²) in [7, 11) is -1.90. The van der Waals surface area contributed by atoms with Crippen molar-refractivity contribution in [2.24, 2.45) is 0 Å². The number of pyridine rings is 1. The molecule has 4 heteroatoms. The van der Waals surface area contributed by atoms with Crippen LogP contribution in [0.1, 0.15) is 20.8 Å². The number of nitrogens with one attached hydrogen (secondary N) is 1. The largest absolute Gasteiger partial charge is 0.540 e. The van der Waals surface area contributed by atoms with E-state index in [0.29, 0.717) is 5.75 Å². The summed E-state index contributed by atoms with van der Waals surface area (Å²) in [4.78, 5) is 14.1. The van der Waals surface area contributed by atoms with Gasteiger partial charge >= 0.3 is 0 Å². The molecule has 0 fully saturated rings. The molecule has 0 spiro atoms. The second-order valence-corrected chi connectivity index (χ2v) is 9.95. The summed E-state index contributed by atoms with van der Waals surface area (Å²) < 4.78 is 5.89. The zero-order chi connectivity index (χ0) is 11.7. The Hall–Kier alpha value is -1.03. The molecule has 15 heavy (non-hydrogen) atoms. The first kappa shape index (κ1) is 12.0. The molecule has 0 aromatic carbocycles.